The van der Waals surface area contributed by atoms with Crippen LogP contribution in [-0.4, -0.2) is 40.2 Å². The maximum absolute atomic E-state index is 12.9. The second-order valence-corrected chi connectivity index (χ2v) is 5.86. The van der Waals surface area contributed by atoms with Crippen LogP contribution < -0.4 is 0 Å². The van der Waals surface area contributed by atoms with E-state index in [1.54, 1.807) is 28.8 Å². The van der Waals surface area contributed by atoms with Crippen molar-refractivity contribution >= 4 is 5.91 Å². The number of amides is 1. The van der Waals surface area contributed by atoms with Gasteiger partial charge in [0.05, 0.1) is 0 Å². The standard InChI is InChI=1S/C17H19N3O3/c1-12-15(16(22)20-8-4-5-13(10-20)11-21)14(9-18)17(23-12)19-6-2-3-7-19/h2-3,6-7,13,21H,4-5,8,10-11H2,1H3. The van der Waals surface area contributed by atoms with Crippen LogP contribution in [-0.2, 0) is 0 Å². The van der Waals surface area contributed by atoms with Crippen LogP contribution in [0.25, 0.3) is 5.88 Å². The van der Waals surface area contributed by atoms with Gasteiger partial charge < -0.3 is 14.4 Å². The van der Waals surface area contributed by atoms with Gasteiger partial charge in [-0.25, -0.2) is 0 Å². The quantitative estimate of drug-likeness (QED) is 0.940. The summed E-state index contributed by atoms with van der Waals surface area (Å²) in [7, 11) is 0. The lowest BCUT2D eigenvalue weighted by molar-refractivity contribution is 0.0619. The van der Waals surface area contributed by atoms with Crippen molar-refractivity contribution in [2.75, 3.05) is 19.7 Å². The van der Waals surface area contributed by atoms with Crippen LogP contribution in [0.3, 0.4) is 0 Å². The predicted molar refractivity (Wildman–Crippen MR) is 83.2 cm³/mol. The Morgan fingerprint density at radius 1 is 1.48 bits per heavy atom. The Hall–Kier alpha value is -2.52. The monoisotopic (exact) mass is 313 g/mol. The van der Waals surface area contributed by atoms with Crippen molar-refractivity contribution in [1.82, 2.24) is 9.47 Å². The van der Waals surface area contributed by atoms with Gasteiger partial charge in [0, 0.05) is 32.1 Å². The number of aliphatic hydroxyl groups excluding tert-OH is 1. The number of aryl methyl sites for hydroxylation is 1. The summed E-state index contributed by atoms with van der Waals surface area (Å²) in [5, 5.41) is 18.9. The van der Waals surface area contributed by atoms with Gasteiger partial charge in [-0.2, -0.15) is 5.26 Å². The Balaban J connectivity index is 1.96. The van der Waals surface area contributed by atoms with Crippen LogP contribution in [0.2, 0.25) is 0 Å². The number of hydrogen-bond donors (Lipinski definition) is 1. The molecule has 1 N–H and O–H groups in total. The first-order valence-electron chi connectivity index (χ1n) is 7.72. The Labute approximate surface area is 134 Å². The summed E-state index contributed by atoms with van der Waals surface area (Å²) < 4.78 is 7.38. The second kappa shape index (κ2) is 6.31. The molecule has 6 heteroatoms. The molecule has 0 aromatic carbocycles. The molecule has 1 fully saturated rings. The normalized spacial score (nSPS) is 18.0. The summed E-state index contributed by atoms with van der Waals surface area (Å²) in [6, 6.07) is 5.77. The van der Waals surface area contributed by atoms with Crippen LogP contribution >= 0.6 is 0 Å². The van der Waals surface area contributed by atoms with Gasteiger partial charge in [-0.1, -0.05) is 0 Å². The molecule has 2 aromatic rings. The Morgan fingerprint density at radius 3 is 2.87 bits per heavy atom. The van der Waals surface area contributed by atoms with E-state index in [2.05, 4.69) is 6.07 Å². The SMILES string of the molecule is Cc1oc(-n2cccc2)c(C#N)c1C(=O)N1CCCC(CO)C1. The summed E-state index contributed by atoms with van der Waals surface area (Å²) in [4.78, 5) is 14.6. The van der Waals surface area contributed by atoms with Crippen LogP contribution in [0.1, 0.15) is 34.5 Å². The van der Waals surface area contributed by atoms with Crippen molar-refractivity contribution < 1.29 is 14.3 Å². The van der Waals surface area contributed by atoms with Gasteiger partial charge in [0.1, 0.15) is 23.0 Å². The fraction of sp³-hybridized carbons (Fsp3) is 0.412. The number of likely N-dealkylation sites (tertiary alicyclic amines) is 1. The van der Waals surface area contributed by atoms with Gasteiger partial charge in [0.25, 0.3) is 5.91 Å². The Bertz CT molecular complexity index is 740. The highest BCUT2D eigenvalue weighted by molar-refractivity contribution is 5.98. The van der Waals surface area contributed by atoms with E-state index in [1.165, 1.54) is 0 Å². The summed E-state index contributed by atoms with van der Waals surface area (Å²) >= 11 is 0. The molecule has 1 unspecified atom stereocenters. The molecule has 3 rings (SSSR count). The third-order valence-corrected chi connectivity index (χ3v) is 4.29. The number of aliphatic hydroxyl groups is 1. The van der Waals surface area contributed by atoms with E-state index in [-0.39, 0.29) is 24.0 Å². The molecule has 0 saturated carbocycles. The van der Waals surface area contributed by atoms with Gasteiger partial charge in [0.15, 0.2) is 0 Å². The molecule has 1 atom stereocenters. The van der Waals surface area contributed by atoms with Crippen molar-refractivity contribution in [3.05, 3.63) is 41.4 Å². The summed E-state index contributed by atoms with van der Waals surface area (Å²) in [5.74, 6) is 0.726. The lowest BCUT2D eigenvalue weighted by Gasteiger charge is -2.31. The molecule has 0 aliphatic carbocycles. The highest BCUT2D eigenvalue weighted by Crippen LogP contribution is 2.28. The Kier molecular flexibility index (Phi) is 4.22. The number of piperidine rings is 1. The zero-order valence-electron chi connectivity index (χ0n) is 13.0. The Morgan fingerprint density at radius 2 is 2.22 bits per heavy atom. The minimum atomic E-state index is -0.195. The van der Waals surface area contributed by atoms with Crippen LogP contribution in [0, 0.1) is 24.2 Å². The minimum Gasteiger partial charge on any atom is -0.443 e. The van der Waals surface area contributed by atoms with E-state index in [4.69, 9.17) is 4.42 Å². The first-order valence-corrected chi connectivity index (χ1v) is 7.72. The van der Waals surface area contributed by atoms with Crippen molar-refractivity contribution in [3.8, 4) is 12.0 Å². The molecule has 0 bridgehead atoms. The highest BCUT2D eigenvalue weighted by atomic mass is 16.4. The maximum Gasteiger partial charge on any atom is 0.258 e. The fourth-order valence-corrected chi connectivity index (χ4v) is 3.10. The second-order valence-electron chi connectivity index (χ2n) is 5.86. The summed E-state index contributed by atoms with van der Waals surface area (Å²) in [6.07, 6.45) is 5.33. The molecule has 1 saturated heterocycles. The molecule has 2 aromatic heterocycles. The molecule has 0 spiro atoms. The smallest absolute Gasteiger partial charge is 0.258 e. The van der Waals surface area contributed by atoms with Crippen LogP contribution in [0.5, 0.6) is 0 Å². The molecule has 23 heavy (non-hydrogen) atoms. The van der Waals surface area contributed by atoms with Crippen LogP contribution in [0.15, 0.2) is 28.9 Å². The third kappa shape index (κ3) is 2.76. The number of aromatic nitrogens is 1. The lowest BCUT2D eigenvalue weighted by Crippen LogP contribution is -2.41. The van der Waals surface area contributed by atoms with E-state index in [1.807, 2.05) is 12.1 Å². The van der Waals surface area contributed by atoms with Gasteiger partial charge >= 0.3 is 0 Å². The molecular weight excluding hydrogens is 294 g/mol. The van der Waals surface area contributed by atoms with E-state index in [9.17, 15) is 15.2 Å². The zero-order valence-corrected chi connectivity index (χ0v) is 13.0. The number of carbonyl (C=O) groups excluding carboxylic acids is 1. The average Bonchev–Trinajstić information content (AvgIpc) is 3.21. The zero-order chi connectivity index (χ0) is 16.4. The molecule has 1 aliphatic heterocycles. The number of nitrogens with zero attached hydrogens (tertiary/aromatic N) is 3. The van der Waals surface area contributed by atoms with Crippen molar-refractivity contribution in [1.29, 1.82) is 5.26 Å². The topological polar surface area (TPSA) is 82.4 Å². The van der Waals surface area contributed by atoms with Gasteiger partial charge in [-0.05, 0) is 37.8 Å². The summed E-state index contributed by atoms with van der Waals surface area (Å²) in [6.45, 7) is 2.94. The lowest BCUT2D eigenvalue weighted by atomic mass is 9.98. The van der Waals surface area contributed by atoms with Gasteiger partial charge in [0.2, 0.25) is 5.88 Å². The predicted octanol–water partition coefficient (Wildman–Crippen LogP) is 2.09. The first-order chi connectivity index (χ1) is 11.2. The van der Waals surface area contributed by atoms with E-state index >= 15 is 0 Å². The number of nitriles is 1. The van der Waals surface area contributed by atoms with E-state index < -0.39 is 0 Å². The van der Waals surface area contributed by atoms with E-state index in [0.717, 1.165) is 12.8 Å². The van der Waals surface area contributed by atoms with Crippen LogP contribution in [0.4, 0.5) is 0 Å². The molecule has 1 aliphatic rings. The fourth-order valence-electron chi connectivity index (χ4n) is 3.10. The molecule has 3 heterocycles. The number of rotatable bonds is 3. The average molecular weight is 313 g/mol. The van der Waals surface area contributed by atoms with Crippen molar-refractivity contribution in [2.45, 2.75) is 19.8 Å². The number of hydrogen-bond acceptors (Lipinski definition) is 4. The van der Waals surface area contributed by atoms with Crippen molar-refractivity contribution in [2.24, 2.45) is 5.92 Å². The molecule has 1 amide bonds. The molecule has 120 valence electrons. The molecule has 6 nitrogen and oxygen atoms in total. The highest BCUT2D eigenvalue weighted by Gasteiger charge is 2.30. The number of carbonyl (C=O) groups is 1. The molecule has 0 radical (unpaired) electrons. The first kappa shape index (κ1) is 15.4. The minimum absolute atomic E-state index is 0.0773. The third-order valence-electron chi connectivity index (χ3n) is 4.29. The van der Waals surface area contributed by atoms with E-state index in [0.29, 0.717) is 30.3 Å². The largest absolute Gasteiger partial charge is 0.443 e. The maximum atomic E-state index is 12.9. The van der Waals surface area contributed by atoms with Gasteiger partial charge in [-0.3, -0.25) is 9.36 Å². The van der Waals surface area contributed by atoms with Gasteiger partial charge in [-0.15, -0.1) is 0 Å². The summed E-state index contributed by atoms with van der Waals surface area (Å²) in [5.41, 5.74) is 0.588. The number of furan rings is 1. The molecular formula is C17H19N3O3. The van der Waals surface area contributed by atoms with Crippen molar-refractivity contribution in [3.63, 3.8) is 0 Å².